The molecule has 0 aliphatic carbocycles. The van der Waals surface area contributed by atoms with Gasteiger partial charge < -0.3 is 4.57 Å². The van der Waals surface area contributed by atoms with Crippen LogP contribution in [0.5, 0.6) is 0 Å². The fourth-order valence-corrected chi connectivity index (χ4v) is 4.08. The van der Waals surface area contributed by atoms with Gasteiger partial charge in [0.05, 0.1) is 24.1 Å². The molecule has 2 aliphatic heterocycles. The van der Waals surface area contributed by atoms with Crippen molar-refractivity contribution < 1.29 is 13.2 Å². The Bertz CT molecular complexity index is 922. The third-order valence-electron chi connectivity index (χ3n) is 4.17. The minimum atomic E-state index is -3.56. The maximum atomic E-state index is 12.7. The van der Waals surface area contributed by atoms with Gasteiger partial charge in [0.25, 0.3) is 5.91 Å². The number of rotatable bonds is 1. The molecule has 0 fully saturated rings. The highest BCUT2D eigenvalue weighted by Crippen LogP contribution is 2.38. The molecule has 21 heavy (non-hydrogen) atoms. The van der Waals surface area contributed by atoms with Gasteiger partial charge in [-0.2, -0.15) is 0 Å². The average Bonchev–Trinajstić information content (AvgIpc) is 2.78. The lowest BCUT2D eigenvalue weighted by Crippen LogP contribution is -2.41. The quantitative estimate of drug-likeness (QED) is 0.807. The van der Waals surface area contributed by atoms with Crippen LogP contribution in [0.25, 0.3) is 16.5 Å². The Morgan fingerprint density at radius 2 is 1.95 bits per heavy atom. The number of hydrogen-bond donors (Lipinski definition) is 0. The third kappa shape index (κ3) is 1.62. The number of para-hydroxylation sites is 1. The smallest absolute Gasteiger partial charge is 0.270 e. The molecule has 0 bridgehead atoms. The molecular formula is C15H14N2O3S. The SMILES string of the molecule is CS(=O)(=O)N1CC2=CCCn3c2c(c2ccccc23)C1=O. The van der Waals surface area contributed by atoms with Gasteiger partial charge in [-0.15, -0.1) is 0 Å². The average molecular weight is 302 g/mol. The second kappa shape index (κ2) is 3.98. The number of carbonyl (C=O) groups is 1. The van der Waals surface area contributed by atoms with E-state index < -0.39 is 15.9 Å². The molecule has 0 spiro atoms. The van der Waals surface area contributed by atoms with Gasteiger partial charge in [0.2, 0.25) is 10.0 Å². The van der Waals surface area contributed by atoms with Crippen LogP contribution in [0.15, 0.2) is 30.3 Å². The van der Waals surface area contributed by atoms with Gasteiger partial charge >= 0.3 is 0 Å². The molecule has 4 rings (SSSR count). The van der Waals surface area contributed by atoms with Gasteiger partial charge in [0.15, 0.2) is 0 Å². The summed E-state index contributed by atoms with van der Waals surface area (Å²) in [5.74, 6) is -0.415. The van der Waals surface area contributed by atoms with Gasteiger partial charge in [-0.3, -0.25) is 4.79 Å². The van der Waals surface area contributed by atoms with E-state index in [-0.39, 0.29) is 6.54 Å². The minimum absolute atomic E-state index is 0.140. The molecule has 108 valence electrons. The summed E-state index contributed by atoms with van der Waals surface area (Å²) in [5, 5.41) is 0.832. The Kier molecular flexibility index (Phi) is 2.39. The minimum Gasteiger partial charge on any atom is -0.340 e. The summed E-state index contributed by atoms with van der Waals surface area (Å²) < 4.78 is 26.9. The van der Waals surface area contributed by atoms with Gasteiger partial charge in [-0.1, -0.05) is 24.3 Å². The lowest BCUT2D eigenvalue weighted by Gasteiger charge is -2.30. The van der Waals surface area contributed by atoms with Crippen LogP contribution in [0.2, 0.25) is 0 Å². The highest BCUT2D eigenvalue weighted by Gasteiger charge is 2.38. The van der Waals surface area contributed by atoms with E-state index in [1.165, 1.54) is 0 Å². The van der Waals surface area contributed by atoms with Crippen molar-refractivity contribution >= 4 is 32.4 Å². The van der Waals surface area contributed by atoms with Crippen LogP contribution in [0.4, 0.5) is 0 Å². The standard InChI is InChI=1S/C15H14N2O3S/c1-21(19,20)17-9-10-5-4-8-16-12-7-3-2-6-11(12)13(14(10)16)15(17)18/h2-3,5-7H,4,8-9H2,1H3. The number of aromatic nitrogens is 1. The number of nitrogens with zero attached hydrogens (tertiary/aromatic N) is 2. The highest BCUT2D eigenvalue weighted by atomic mass is 32.2. The molecule has 1 amide bonds. The molecule has 0 atom stereocenters. The summed E-state index contributed by atoms with van der Waals surface area (Å²) in [5.41, 5.74) is 3.34. The first-order chi connectivity index (χ1) is 9.98. The normalized spacial score (nSPS) is 17.9. The van der Waals surface area contributed by atoms with Crippen molar-refractivity contribution in [1.29, 1.82) is 0 Å². The van der Waals surface area contributed by atoms with Gasteiger partial charge in [-0.05, 0) is 18.1 Å². The number of aryl methyl sites for hydroxylation is 1. The van der Waals surface area contributed by atoms with E-state index in [0.29, 0.717) is 5.56 Å². The summed E-state index contributed by atoms with van der Waals surface area (Å²) in [6.07, 6.45) is 3.98. The van der Waals surface area contributed by atoms with Crippen LogP contribution in [0, 0.1) is 0 Å². The topological polar surface area (TPSA) is 59.4 Å². The van der Waals surface area contributed by atoms with Crippen LogP contribution in [0.1, 0.15) is 22.5 Å². The van der Waals surface area contributed by atoms with E-state index in [1.807, 2.05) is 30.3 Å². The Morgan fingerprint density at radius 3 is 2.71 bits per heavy atom. The summed E-state index contributed by atoms with van der Waals surface area (Å²) in [6, 6.07) is 7.68. The lowest BCUT2D eigenvalue weighted by atomic mass is 9.98. The third-order valence-corrected chi connectivity index (χ3v) is 5.27. The van der Waals surface area contributed by atoms with Gasteiger partial charge in [-0.25, -0.2) is 12.7 Å². The fourth-order valence-electron chi connectivity index (χ4n) is 3.31. The Balaban J connectivity index is 2.11. The summed E-state index contributed by atoms with van der Waals surface area (Å²) in [6.45, 7) is 0.965. The fraction of sp³-hybridized carbons (Fsp3) is 0.267. The maximum Gasteiger partial charge on any atom is 0.270 e. The van der Waals surface area contributed by atoms with Crippen molar-refractivity contribution in [3.05, 3.63) is 41.6 Å². The molecule has 0 saturated carbocycles. The highest BCUT2D eigenvalue weighted by molar-refractivity contribution is 7.88. The molecule has 3 heterocycles. The first-order valence-corrected chi connectivity index (χ1v) is 8.66. The van der Waals surface area contributed by atoms with E-state index in [4.69, 9.17) is 0 Å². The number of benzene rings is 1. The molecule has 0 N–H and O–H groups in total. The molecule has 0 unspecified atom stereocenters. The molecular weight excluding hydrogens is 288 g/mol. The molecule has 6 heteroatoms. The zero-order valence-corrected chi connectivity index (χ0v) is 12.4. The van der Waals surface area contributed by atoms with E-state index in [0.717, 1.165) is 45.7 Å². The van der Waals surface area contributed by atoms with E-state index >= 15 is 0 Å². The number of hydrogen-bond acceptors (Lipinski definition) is 3. The van der Waals surface area contributed by atoms with Crippen molar-refractivity contribution in [2.24, 2.45) is 0 Å². The maximum absolute atomic E-state index is 12.7. The van der Waals surface area contributed by atoms with Crippen LogP contribution in [-0.4, -0.2) is 36.0 Å². The number of fused-ring (bicyclic) bond motifs is 3. The molecule has 1 aromatic heterocycles. The van der Waals surface area contributed by atoms with Crippen molar-refractivity contribution in [1.82, 2.24) is 8.87 Å². The van der Waals surface area contributed by atoms with E-state index in [9.17, 15) is 13.2 Å². The number of carbonyl (C=O) groups excluding carboxylic acids is 1. The van der Waals surface area contributed by atoms with E-state index in [1.54, 1.807) is 0 Å². The van der Waals surface area contributed by atoms with Crippen LogP contribution in [0.3, 0.4) is 0 Å². The van der Waals surface area contributed by atoms with Crippen molar-refractivity contribution in [2.75, 3.05) is 12.8 Å². The van der Waals surface area contributed by atoms with Crippen molar-refractivity contribution in [3.63, 3.8) is 0 Å². The van der Waals surface area contributed by atoms with Crippen LogP contribution >= 0.6 is 0 Å². The van der Waals surface area contributed by atoms with Crippen molar-refractivity contribution in [3.8, 4) is 0 Å². The van der Waals surface area contributed by atoms with Gasteiger partial charge in [0.1, 0.15) is 0 Å². The first-order valence-electron chi connectivity index (χ1n) is 6.81. The van der Waals surface area contributed by atoms with Crippen molar-refractivity contribution in [2.45, 2.75) is 13.0 Å². The van der Waals surface area contributed by atoms with E-state index in [2.05, 4.69) is 4.57 Å². The molecule has 0 radical (unpaired) electrons. The first kappa shape index (κ1) is 12.6. The second-order valence-electron chi connectivity index (χ2n) is 5.49. The summed E-state index contributed by atoms with van der Waals surface area (Å²) >= 11 is 0. The van der Waals surface area contributed by atoms with Gasteiger partial charge in [0, 0.05) is 17.4 Å². The summed E-state index contributed by atoms with van der Waals surface area (Å²) in [7, 11) is -3.56. The molecule has 5 nitrogen and oxygen atoms in total. The predicted molar refractivity (Wildman–Crippen MR) is 80.4 cm³/mol. The number of sulfonamides is 1. The number of amides is 1. The molecule has 0 saturated heterocycles. The Hall–Kier alpha value is -2.08. The molecule has 2 aliphatic rings. The van der Waals surface area contributed by atoms with Crippen LogP contribution in [-0.2, 0) is 16.6 Å². The molecule has 1 aromatic carbocycles. The Morgan fingerprint density at radius 1 is 1.19 bits per heavy atom. The number of allylic oxidation sites excluding steroid dienone is 1. The molecule has 2 aromatic rings. The monoisotopic (exact) mass is 302 g/mol. The zero-order valence-electron chi connectivity index (χ0n) is 11.5. The lowest BCUT2D eigenvalue weighted by molar-refractivity contribution is 0.0869. The predicted octanol–water partition coefficient (Wildman–Crippen LogP) is 1.84. The second-order valence-corrected chi connectivity index (χ2v) is 7.39. The zero-order chi connectivity index (χ0) is 14.8. The summed E-state index contributed by atoms with van der Waals surface area (Å²) in [4.78, 5) is 12.7. The largest absolute Gasteiger partial charge is 0.340 e. The van der Waals surface area contributed by atoms with Crippen LogP contribution < -0.4 is 0 Å². The Labute approximate surface area is 122 Å².